The van der Waals surface area contributed by atoms with Gasteiger partial charge in [-0.3, -0.25) is 4.79 Å². The highest BCUT2D eigenvalue weighted by atomic mass is 35.5. The number of carboxylic acids is 1. The summed E-state index contributed by atoms with van der Waals surface area (Å²) in [6, 6.07) is 2.49. The van der Waals surface area contributed by atoms with Crippen LogP contribution in [-0.4, -0.2) is 49.5 Å². The van der Waals surface area contributed by atoms with Crippen LogP contribution in [0, 0.1) is 0 Å². The number of hydrogen-bond acceptors (Lipinski definition) is 5. The van der Waals surface area contributed by atoms with E-state index in [0.717, 1.165) is 10.4 Å². The lowest BCUT2D eigenvalue weighted by molar-refractivity contribution is -0.140. The molecule has 22 heavy (non-hydrogen) atoms. The Morgan fingerprint density at radius 2 is 2.05 bits per heavy atom. The first kappa shape index (κ1) is 16.7. The fraction of sp³-hybridized carbons (Fsp3) is 0.385. The van der Waals surface area contributed by atoms with Crippen molar-refractivity contribution in [2.24, 2.45) is 0 Å². The molecule has 0 aliphatic carbocycles. The molecule has 1 fully saturated rings. The van der Waals surface area contributed by atoms with E-state index >= 15 is 0 Å². The van der Waals surface area contributed by atoms with Gasteiger partial charge in [0.25, 0.3) is 0 Å². The molecule has 0 spiro atoms. The van der Waals surface area contributed by atoms with Gasteiger partial charge in [0.1, 0.15) is 6.04 Å². The molecule has 0 unspecified atom stereocenters. The van der Waals surface area contributed by atoms with E-state index in [9.17, 15) is 18.0 Å². The minimum absolute atomic E-state index is 0.0142. The molecule has 0 amide bonds. The Balaban J connectivity index is 2.48. The van der Waals surface area contributed by atoms with Gasteiger partial charge in [0.05, 0.1) is 17.6 Å². The van der Waals surface area contributed by atoms with Crippen LogP contribution in [0.5, 0.6) is 0 Å². The maximum Gasteiger partial charge on any atom is 0.337 e. The topological polar surface area (TPSA) is 101 Å². The first-order valence-electron chi connectivity index (χ1n) is 6.41. The van der Waals surface area contributed by atoms with E-state index in [0.29, 0.717) is 6.42 Å². The summed E-state index contributed by atoms with van der Waals surface area (Å²) in [5.74, 6) is -1.92. The first-order chi connectivity index (χ1) is 10.3. The highest BCUT2D eigenvalue weighted by Crippen LogP contribution is 2.28. The molecular weight excluding hydrogens is 334 g/mol. The van der Waals surface area contributed by atoms with E-state index < -0.39 is 28.0 Å². The maximum atomic E-state index is 12.6. The number of nitrogens with zero attached hydrogens (tertiary/aromatic N) is 1. The number of carboxylic acid groups (broad SMARTS) is 1. The monoisotopic (exact) mass is 347 g/mol. The van der Waals surface area contributed by atoms with Gasteiger partial charge in [-0.1, -0.05) is 11.6 Å². The van der Waals surface area contributed by atoms with Gasteiger partial charge in [-0.15, -0.1) is 0 Å². The van der Waals surface area contributed by atoms with Crippen molar-refractivity contribution in [1.29, 1.82) is 0 Å². The minimum Gasteiger partial charge on any atom is -0.480 e. The van der Waals surface area contributed by atoms with Crippen LogP contribution in [0.4, 0.5) is 0 Å². The second-order valence-electron chi connectivity index (χ2n) is 4.78. The third-order valence-electron chi connectivity index (χ3n) is 3.39. The van der Waals surface area contributed by atoms with Gasteiger partial charge < -0.3 is 9.84 Å². The maximum absolute atomic E-state index is 12.6. The average molecular weight is 348 g/mol. The van der Waals surface area contributed by atoms with Crippen molar-refractivity contribution in [2.75, 3.05) is 13.7 Å². The molecule has 1 aromatic rings. The van der Waals surface area contributed by atoms with Gasteiger partial charge in [0.2, 0.25) is 10.0 Å². The van der Waals surface area contributed by atoms with Crippen LogP contribution in [0.25, 0.3) is 0 Å². The number of esters is 1. The Morgan fingerprint density at radius 3 is 2.64 bits per heavy atom. The standard InChI is InChI=1S/C13H14ClNO6S/c1-21-13(18)8-5-9(14)7-10(6-8)22(19,20)15-4-2-3-11(15)12(16)17/h5-7,11H,2-4H2,1H3,(H,16,17)/t11-/m0/s1. The largest absolute Gasteiger partial charge is 0.480 e. The van der Waals surface area contributed by atoms with Gasteiger partial charge >= 0.3 is 11.9 Å². The lowest BCUT2D eigenvalue weighted by Gasteiger charge is -2.21. The Bertz CT molecular complexity index is 717. The van der Waals surface area contributed by atoms with Crippen molar-refractivity contribution in [3.8, 4) is 0 Å². The molecule has 1 atom stereocenters. The molecule has 0 saturated carbocycles. The minimum atomic E-state index is -4.06. The molecule has 9 heteroatoms. The van der Waals surface area contributed by atoms with E-state index in [1.54, 1.807) is 0 Å². The number of aliphatic carboxylic acids is 1. The van der Waals surface area contributed by atoms with E-state index in [-0.39, 0.29) is 28.4 Å². The van der Waals surface area contributed by atoms with E-state index in [2.05, 4.69) is 4.74 Å². The zero-order valence-electron chi connectivity index (χ0n) is 11.7. The van der Waals surface area contributed by atoms with Crippen molar-refractivity contribution in [1.82, 2.24) is 4.31 Å². The molecule has 0 aromatic heterocycles. The van der Waals surface area contributed by atoms with Crippen molar-refractivity contribution in [2.45, 2.75) is 23.8 Å². The molecule has 1 N–H and O–H groups in total. The zero-order valence-corrected chi connectivity index (χ0v) is 13.2. The number of sulfonamides is 1. The van der Waals surface area contributed by atoms with Crippen LogP contribution in [0.15, 0.2) is 23.1 Å². The number of rotatable bonds is 4. The molecule has 0 bridgehead atoms. The SMILES string of the molecule is COC(=O)c1cc(Cl)cc(S(=O)(=O)N2CCC[C@H]2C(=O)O)c1. The number of halogens is 1. The number of benzene rings is 1. The van der Waals surface area contributed by atoms with Gasteiger partial charge in [0, 0.05) is 11.6 Å². The lowest BCUT2D eigenvalue weighted by Crippen LogP contribution is -2.40. The van der Waals surface area contributed by atoms with Gasteiger partial charge in [-0.25, -0.2) is 13.2 Å². The summed E-state index contributed by atoms with van der Waals surface area (Å²) >= 11 is 5.86. The van der Waals surface area contributed by atoms with Crippen LogP contribution < -0.4 is 0 Å². The summed E-state index contributed by atoms with van der Waals surface area (Å²) in [7, 11) is -2.89. The van der Waals surface area contributed by atoms with Crippen LogP contribution in [0.2, 0.25) is 5.02 Å². The van der Waals surface area contributed by atoms with Crippen LogP contribution in [-0.2, 0) is 19.6 Å². The third-order valence-corrected chi connectivity index (χ3v) is 5.49. The molecule has 1 aliphatic rings. The highest BCUT2D eigenvalue weighted by molar-refractivity contribution is 7.89. The average Bonchev–Trinajstić information content (AvgIpc) is 2.96. The van der Waals surface area contributed by atoms with Gasteiger partial charge in [-0.2, -0.15) is 4.31 Å². The summed E-state index contributed by atoms with van der Waals surface area (Å²) in [4.78, 5) is 22.5. The molecule has 1 saturated heterocycles. The van der Waals surface area contributed by atoms with Gasteiger partial charge in [0.15, 0.2) is 0 Å². The number of carbonyl (C=O) groups excluding carboxylic acids is 1. The highest BCUT2D eigenvalue weighted by Gasteiger charge is 2.39. The number of carbonyl (C=O) groups is 2. The molecular formula is C13H14ClNO6S. The van der Waals surface area contributed by atoms with Crippen molar-refractivity contribution in [3.05, 3.63) is 28.8 Å². The fourth-order valence-electron chi connectivity index (χ4n) is 2.36. The van der Waals surface area contributed by atoms with Crippen molar-refractivity contribution >= 4 is 33.6 Å². The quantitative estimate of drug-likeness (QED) is 0.825. The molecule has 0 radical (unpaired) electrons. The molecule has 1 heterocycles. The van der Waals surface area contributed by atoms with Crippen LogP contribution in [0.1, 0.15) is 23.2 Å². The summed E-state index contributed by atoms with van der Waals surface area (Å²) in [5, 5.41) is 9.17. The summed E-state index contributed by atoms with van der Waals surface area (Å²) in [5.41, 5.74) is -0.0142. The second-order valence-corrected chi connectivity index (χ2v) is 7.11. The first-order valence-corrected chi connectivity index (χ1v) is 8.22. The molecule has 7 nitrogen and oxygen atoms in total. The van der Waals surface area contributed by atoms with E-state index in [1.807, 2.05) is 0 Å². The van der Waals surface area contributed by atoms with Crippen molar-refractivity contribution in [3.63, 3.8) is 0 Å². The number of hydrogen-bond donors (Lipinski definition) is 1. The van der Waals surface area contributed by atoms with Crippen LogP contribution >= 0.6 is 11.6 Å². The third kappa shape index (κ3) is 3.08. The Morgan fingerprint density at radius 1 is 1.36 bits per heavy atom. The predicted molar refractivity (Wildman–Crippen MR) is 77.3 cm³/mol. The summed E-state index contributed by atoms with van der Waals surface area (Å²) in [6.45, 7) is 0.110. The molecule has 2 rings (SSSR count). The fourth-order valence-corrected chi connectivity index (χ4v) is 4.38. The van der Waals surface area contributed by atoms with Gasteiger partial charge in [-0.05, 0) is 31.0 Å². The normalized spacial score (nSPS) is 19.1. The second kappa shape index (κ2) is 6.23. The lowest BCUT2D eigenvalue weighted by atomic mass is 10.2. The van der Waals surface area contributed by atoms with E-state index in [1.165, 1.54) is 19.2 Å². The van der Waals surface area contributed by atoms with Crippen LogP contribution in [0.3, 0.4) is 0 Å². The Hall–Kier alpha value is -1.64. The number of methoxy groups -OCH3 is 1. The summed E-state index contributed by atoms with van der Waals surface area (Å²) in [6.07, 6.45) is 0.708. The summed E-state index contributed by atoms with van der Waals surface area (Å²) < 4.78 is 30.7. The Kier molecular flexibility index (Phi) is 4.74. The smallest absolute Gasteiger partial charge is 0.337 e. The molecule has 1 aromatic carbocycles. The van der Waals surface area contributed by atoms with Crippen molar-refractivity contribution < 1.29 is 27.9 Å². The zero-order chi connectivity index (χ0) is 16.5. The molecule has 120 valence electrons. The Labute approximate surface area is 132 Å². The molecule has 1 aliphatic heterocycles. The number of ether oxygens (including phenoxy) is 1. The van der Waals surface area contributed by atoms with E-state index in [4.69, 9.17) is 16.7 Å². The predicted octanol–water partition coefficient (Wildman–Crippen LogP) is 1.36.